The Balaban J connectivity index is 1.50. The number of benzene rings is 2. The fourth-order valence-electron chi connectivity index (χ4n) is 3.03. The van der Waals surface area contributed by atoms with Gasteiger partial charge in [-0.15, -0.1) is 0 Å². The van der Waals surface area contributed by atoms with E-state index < -0.39 is 6.61 Å². The third-order valence-electron chi connectivity index (χ3n) is 4.51. The fraction of sp³-hybridized carbons (Fsp3) is 0.300. The number of aromatic nitrogens is 2. The summed E-state index contributed by atoms with van der Waals surface area (Å²) in [5.41, 5.74) is 1.51. The number of halogens is 3. The third kappa shape index (κ3) is 4.66. The van der Waals surface area contributed by atoms with E-state index >= 15 is 0 Å². The van der Waals surface area contributed by atoms with Gasteiger partial charge in [0.2, 0.25) is 11.7 Å². The van der Waals surface area contributed by atoms with Crippen molar-refractivity contribution in [3.63, 3.8) is 0 Å². The SMILES string of the molecule is FC(F)Oc1ccccc1-c1noc(CN(Cc2ccc(Cl)cc2)C2CC2)n1. The lowest BCUT2D eigenvalue weighted by Crippen LogP contribution is -2.25. The Kier molecular flexibility index (Phi) is 5.54. The van der Waals surface area contributed by atoms with Crippen molar-refractivity contribution in [2.75, 3.05) is 0 Å². The highest BCUT2D eigenvalue weighted by molar-refractivity contribution is 6.30. The van der Waals surface area contributed by atoms with Gasteiger partial charge in [-0.1, -0.05) is 41.0 Å². The number of nitrogens with zero attached hydrogens (tertiary/aromatic N) is 3. The average Bonchev–Trinajstić information content (AvgIpc) is 3.42. The monoisotopic (exact) mass is 405 g/mol. The minimum absolute atomic E-state index is 0.0186. The summed E-state index contributed by atoms with van der Waals surface area (Å²) in [7, 11) is 0. The van der Waals surface area contributed by atoms with Crippen molar-refractivity contribution in [2.24, 2.45) is 0 Å². The molecule has 4 rings (SSSR count). The van der Waals surface area contributed by atoms with Gasteiger partial charge in [0.15, 0.2) is 0 Å². The summed E-state index contributed by atoms with van der Waals surface area (Å²) in [6.45, 7) is -1.69. The molecular weight excluding hydrogens is 388 g/mol. The predicted octanol–water partition coefficient (Wildman–Crippen LogP) is 5.16. The highest BCUT2D eigenvalue weighted by Crippen LogP contribution is 2.32. The van der Waals surface area contributed by atoms with Gasteiger partial charge in [-0.05, 0) is 42.7 Å². The van der Waals surface area contributed by atoms with E-state index in [1.807, 2.05) is 24.3 Å². The van der Waals surface area contributed by atoms with Gasteiger partial charge < -0.3 is 9.26 Å². The molecule has 3 aromatic rings. The zero-order valence-corrected chi connectivity index (χ0v) is 15.6. The minimum Gasteiger partial charge on any atom is -0.434 e. The maximum absolute atomic E-state index is 12.6. The summed E-state index contributed by atoms with van der Waals surface area (Å²) in [4.78, 5) is 6.65. The van der Waals surface area contributed by atoms with Crippen LogP contribution >= 0.6 is 11.6 Å². The molecule has 1 heterocycles. The van der Waals surface area contributed by atoms with E-state index in [2.05, 4.69) is 19.8 Å². The normalized spacial score (nSPS) is 14.0. The van der Waals surface area contributed by atoms with Gasteiger partial charge >= 0.3 is 6.61 Å². The van der Waals surface area contributed by atoms with Crippen LogP contribution in [0.4, 0.5) is 8.78 Å². The molecule has 1 aliphatic carbocycles. The fourth-order valence-corrected chi connectivity index (χ4v) is 3.16. The molecule has 0 bridgehead atoms. The first-order valence-electron chi connectivity index (χ1n) is 8.94. The molecule has 0 N–H and O–H groups in total. The zero-order valence-electron chi connectivity index (χ0n) is 14.9. The largest absolute Gasteiger partial charge is 0.434 e. The molecule has 8 heteroatoms. The lowest BCUT2D eigenvalue weighted by molar-refractivity contribution is -0.0494. The first kappa shape index (κ1) is 18.8. The summed E-state index contributed by atoms with van der Waals surface area (Å²) >= 11 is 5.95. The Morgan fingerprint density at radius 3 is 2.57 bits per heavy atom. The number of ether oxygens (including phenoxy) is 1. The lowest BCUT2D eigenvalue weighted by Gasteiger charge is -2.19. The molecule has 0 atom stereocenters. The summed E-state index contributed by atoms with van der Waals surface area (Å²) < 4.78 is 35.2. The molecule has 0 amide bonds. The van der Waals surface area contributed by atoms with Crippen LogP contribution in [-0.2, 0) is 13.1 Å². The highest BCUT2D eigenvalue weighted by atomic mass is 35.5. The molecular formula is C20H18ClF2N3O2. The van der Waals surface area contributed by atoms with Crippen LogP contribution in [0.25, 0.3) is 11.4 Å². The maximum Gasteiger partial charge on any atom is 0.387 e. The first-order valence-corrected chi connectivity index (χ1v) is 9.31. The zero-order chi connectivity index (χ0) is 19.5. The summed E-state index contributed by atoms with van der Waals surface area (Å²) in [5, 5.41) is 4.65. The Hall–Kier alpha value is -2.51. The number of hydrogen-bond acceptors (Lipinski definition) is 5. The van der Waals surface area contributed by atoms with E-state index in [9.17, 15) is 8.78 Å². The van der Waals surface area contributed by atoms with Crippen molar-refractivity contribution >= 4 is 11.6 Å². The summed E-state index contributed by atoms with van der Waals surface area (Å²) in [5.74, 6) is 0.682. The molecule has 0 spiro atoms. The first-order chi connectivity index (χ1) is 13.6. The number of hydrogen-bond donors (Lipinski definition) is 0. The molecule has 0 saturated heterocycles. The topological polar surface area (TPSA) is 51.4 Å². The predicted molar refractivity (Wildman–Crippen MR) is 100 cm³/mol. The van der Waals surface area contributed by atoms with Gasteiger partial charge in [-0.3, -0.25) is 4.90 Å². The van der Waals surface area contributed by atoms with Crippen LogP contribution in [0.5, 0.6) is 5.75 Å². The number of alkyl halides is 2. The van der Waals surface area contributed by atoms with Gasteiger partial charge in [0, 0.05) is 17.6 Å². The van der Waals surface area contributed by atoms with Gasteiger partial charge in [-0.25, -0.2) is 0 Å². The molecule has 0 aliphatic heterocycles. The molecule has 2 aromatic carbocycles. The standard InChI is InChI=1S/C20H18ClF2N3O2/c21-14-7-5-13(6-8-14)11-26(15-9-10-15)12-18-24-19(25-28-18)16-3-1-2-4-17(16)27-20(22)23/h1-8,15,20H,9-12H2. The molecule has 1 saturated carbocycles. The van der Waals surface area contributed by atoms with E-state index in [1.165, 1.54) is 6.07 Å². The molecule has 1 fully saturated rings. The van der Waals surface area contributed by atoms with Crippen LogP contribution in [0.15, 0.2) is 53.1 Å². The van der Waals surface area contributed by atoms with Crippen molar-refractivity contribution in [1.82, 2.24) is 15.0 Å². The van der Waals surface area contributed by atoms with E-state index in [4.69, 9.17) is 16.1 Å². The Morgan fingerprint density at radius 2 is 1.86 bits per heavy atom. The molecule has 28 heavy (non-hydrogen) atoms. The molecule has 1 aromatic heterocycles. The second-order valence-corrected chi connectivity index (χ2v) is 7.09. The van der Waals surface area contributed by atoms with E-state index in [0.29, 0.717) is 29.1 Å². The number of rotatable bonds is 8. The second-order valence-electron chi connectivity index (χ2n) is 6.65. The van der Waals surface area contributed by atoms with Gasteiger partial charge in [0.05, 0.1) is 12.1 Å². The summed E-state index contributed by atoms with van der Waals surface area (Å²) in [6.07, 6.45) is 2.25. The van der Waals surface area contributed by atoms with Crippen LogP contribution in [-0.4, -0.2) is 27.7 Å². The van der Waals surface area contributed by atoms with Crippen molar-refractivity contribution < 1.29 is 18.0 Å². The van der Waals surface area contributed by atoms with Crippen molar-refractivity contribution in [3.05, 3.63) is 65.0 Å². The van der Waals surface area contributed by atoms with Gasteiger partial charge in [0.1, 0.15) is 5.75 Å². The summed E-state index contributed by atoms with van der Waals surface area (Å²) in [6, 6.07) is 14.6. The molecule has 0 unspecified atom stereocenters. The maximum atomic E-state index is 12.6. The van der Waals surface area contributed by atoms with Crippen LogP contribution in [0, 0.1) is 0 Å². The van der Waals surface area contributed by atoms with Crippen LogP contribution < -0.4 is 4.74 Å². The van der Waals surface area contributed by atoms with Crippen molar-refractivity contribution in [2.45, 2.75) is 38.6 Å². The van der Waals surface area contributed by atoms with Crippen LogP contribution in [0.3, 0.4) is 0 Å². The van der Waals surface area contributed by atoms with E-state index in [0.717, 1.165) is 24.9 Å². The molecule has 0 radical (unpaired) electrons. The van der Waals surface area contributed by atoms with Gasteiger partial charge in [0.25, 0.3) is 0 Å². The molecule has 1 aliphatic rings. The van der Waals surface area contributed by atoms with Crippen molar-refractivity contribution in [1.29, 1.82) is 0 Å². The minimum atomic E-state index is -2.92. The second kappa shape index (κ2) is 8.24. The quantitative estimate of drug-likeness (QED) is 0.518. The van der Waals surface area contributed by atoms with Gasteiger partial charge in [-0.2, -0.15) is 13.8 Å². The lowest BCUT2D eigenvalue weighted by atomic mass is 10.2. The Bertz CT molecular complexity index is 929. The average molecular weight is 406 g/mol. The Labute approximate surface area is 165 Å². The molecule has 146 valence electrons. The Morgan fingerprint density at radius 1 is 1.11 bits per heavy atom. The van der Waals surface area contributed by atoms with Crippen molar-refractivity contribution in [3.8, 4) is 17.1 Å². The third-order valence-corrected chi connectivity index (χ3v) is 4.76. The van der Waals surface area contributed by atoms with Crippen LogP contribution in [0.2, 0.25) is 5.02 Å². The smallest absolute Gasteiger partial charge is 0.387 e. The van der Waals surface area contributed by atoms with E-state index in [1.54, 1.807) is 18.2 Å². The van der Waals surface area contributed by atoms with Crippen LogP contribution in [0.1, 0.15) is 24.3 Å². The number of para-hydroxylation sites is 1. The highest BCUT2D eigenvalue weighted by Gasteiger charge is 2.30. The van der Waals surface area contributed by atoms with E-state index in [-0.39, 0.29) is 11.6 Å². The molecule has 5 nitrogen and oxygen atoms in total.